The van der Waals surface area contributed by atoms with Crippen molar-refractivity contribution in [1.82, 2.24) is 0 Å². The standard InChI is InChI=1S/C27H22N2O7S/c1-18-8-10-20(11-9-18)28(37(33)34)25-14-12-22(17-24(25)27(30)35-2)36-21-13-15-26(29(31)32)23(16-21)19-6-4-3-5-7-19/h3-17H,1-2H3,(H,33,34). The molecule has 0 heterocycles. The summed E-state index contributed by atoms with van der Waals surface area (Å²) < 4.78 is 34.3. The monoisotopic (exact) mass is 518 g/mol. The summed E-state index contributed by atoms with van der Waals surface area (Å²) in [5, 5.41) is 11.6. The first kappa shape index (κ1) is 25.5. The molecule has 1 unspecified atom stereocenters. The molecule has 4 aromatic carbocycles. The van der Waals surface area contributed by atoms with Gasteiger partial charge in [0.25, 0.3) is 17.0 Å². The molecular weight excluding hydrogens is 496 g/mol. The molecule has 1 atom stereocenters. The second-order valence-corrected chi connectivity index (χ2v) is 8.76. The van der Waals surface area contributed by atoms with Gasteiger partial charge in [0.05, 0.1) is 34.5 Å². The van der Waals surface area contributed by atoms with Crippen molar-refractivity contribution in [3.05, 3.63) is 112 Å². The van der Waals surface area contributed by atoms with Crippen LogP contribution in [0.5, 0.6) is 11.5 Å². The molecule has 0 radical (unpaired) electrons. The zero-order chi connectivity index (χ0) is 26.5. The van der Waals surface area contributed by atoms with Crippen molar-refractivity contribution in [2.75, 3.05) is 11.4 Å². The molecule has 0 fully saturated rings. The number of nitro benzene ring substituents is 1. The molecule has 0 saturated carbocycles. The number of carbonyl (C=O) groups is 1. The summed E-state index contributed by atoms with van der Waals surface area (Å²) >= 11 is -2.50. The minimum absolute atomic E-state index is 0.00632. The van der Waals surface area contributed by atoms with E-state index in [9.17, 15) is 23.7 Å². The SMILES string of the molecule is COC(=O)c1cc(Oc2ccc([N+](=O)[O-])c(-c3ccccc3)c2)ccc1N(c1ccc(C)cc1)S(=O)O. The predicted molar refractivity (Wildman–Crippen MR) is 140 cm³/mol. The van der Waals surface area contributed by atoms with Gasteiger partial charge in [0.2, 0.25) is 0 Å². The topological polar surface area (TPSA) is 119 Å². The van der Waals surface area contributed by atoms with Gasteiger partial charge in [-0.15, -0.1) is 0 Å². The molecule has 4 rings (SSSR count). The lowest BCUT2D eigenvalue weighted by Crippen LogP contribution is -2.22. The Morgan fingerprint density at radius 3 is 2.22 bits per heavy atom. The van der Waals surface area contributed by atoms with Crippen molar-refractivity contribution in [1.29, 1.82) is 0 Å². The lowest BCUT2D eigenvalue weighted by Gasteiger charge is -2.23. The molecule has 188 valence electrons. The Balaban J connectivity index is 1.75. The van der Waals surface area contributed by atoms with Crippen molar-refractivity contribution in [3.63, 3.8) is 0 Å². The zero-order valence-electron chi connectivity index (χ0n) is 19.9. The van der Waals surface area contributed by atoms with E-state index in [0.717, 1.165) is 9.87 Å². The summed E-state index contributed by atoms with van der Waals surface area (Å²) in [4.78, 5) is 23.8. The van der Waals surface area contributed by atoms with Crippen LogP contribution in [0.25, 0.3) is 11.1 Å². The fourth-order valence-corrected chi connectivity index (χ4v) is 4.38. The Bertz CT molecular complexity index is 1470. The fourth-order valence-electron chi connectivity index (χ4n) is 3.75. The van der Waals surface area contributed by atoms with E-state index in [2.05, 4.69) is 0 Å². The van der Waals surface area contributed by atoms with Gasteiger partial charge < -0.3 is 9.47 Å². The van der Waals surface area contributed by atoms with Crippen LogP contribution in [0.1, 0.15) is 15.9 Å². The molecule has 0 spiro atoms. The van der Waals surface area contributed by atoms with E-state index < -0.39 is 22.2 Å². The lowest BCUT2D eigenvalue weighted by atomic mass is 10.0. The van der Waals surface area contributed by atoms with E-state index in [0.29, 0.717) is 22.6 Å². The highest BCUT2D eigenvalue weighted by Gasteiger charge is 2.24. The molecule has 10 heteroatoms. The second kappa shape index (κ2) is 11.0. The first-order valence-corrected chi connectivity index (χ1v) is 12.1. The molecule has 0 bridgehead atoms. The number of hydrogen-bond donors (Lipinski definition) is 1. The highest BCUT2D eigenvalue weighted by Crippen LogP contribution is 2.37. The van der Waals surface area contributed by atoms with E-state index in [1.807, 2.05) is 13.0 Å². The van der Waals surface area contributed by atoms with Gasteiger partial charge in [0, 0.05) is 6.07 Å². The smallest absolute Gasteiger partial charge is 0.340 e. The van der Waals surface area contributed by atoms with Crippen LogP contribution in [0, 0.1) is 17.0 Å². The molecule has 0 amide bonds. The highest BCUT2D eigenvalue weighted by atomic mass is 32.2. The number of carbonyl (C=O) groups excluding carboxylic acids is 1. The Hall–Kier alpha value is -4.54. The fraction of sp³-hybridized carbons (Fsp3) is 0.0741. The molecule has 4 aromatic rings. The number of nitrogens with zero attached hydrogens (tertiary/aromatic N) is 2. The van der Waals surface area contributed by atoms with E-state index in [1.165, 1.54) is 37.4 Å². The number of rotatable bonds is 8. The van der Waals surface area contributed by atoms with E-state index in [1.54, 1.807) is 54.6 Å². The summed E-state index contributed by atoms with van der Waals surface area (Å²) in [7, 11) is 1.20. The molecule has 9 nitrogen and oxygen atoms in total. The first-order chi connectivity index (χ1) is 17.8. The lowest BCUT2D eigenvalue weighted by molar-refractivity contribution is -0.384. The average molecular weight is 519 g/mol. The maximum Gasteiger partial charge on any atom is 0.340 e. The van der Waals surface area contributed by atoms with Gasteiger partial charge >= 0.3 is 5.97 Å². The molecule has 0 saturated heterocycles. The number of methoxy groups -OCH3 is 1. The van der Waals surface area contributed by atoms with E-state index >= 15 is 0 Å². The van der Waals surface area contributed by atoms with Crippen LogP contribution in [0.15, 0.2) is 91.0 Å². The molecule has 0 aliphatic carbocycles. The third kappa shape index (κ3) is 5.66. The number of nitro groups is 1. The maximum absolute atomic E-state index is 12.7. The number of esters is 1. The van der Waals surface area contributed by atoms with Crippen molar-refractivity contribution < 1.29 is 28.0 Å². The number of aryl methyl sites for hydroxylation is 1. The van der Waals surface area contributed by atoms with Gasteiger partial charge in [0.15, 0.2) is 0 Å². The van der Waals surface area contributed by atoms with Gasteiger partial charge in [-0.25, -0.2) is 13.3 Å². The van der Waals surface area contributed by atoms with Crippen LogP contribution in [-0.2, 0) is 16.0 Å². The largest absolute Gasteiger partial charge is 0.465 e. The van der Waals surface area contributed by atoms with Crippen molar-refractivity contribution >= 4 is 34.3 Å². The number of hydrogen-bond acceptors (Lipinski definition) is 6. The summed E-state index contributed by atoms with van der Waals surface area (Å²) in [5.74, 6) is -0.213. The molecular formula is C27H22N2O7S. The molecule has 37 heavy (non-hydrogen) atoms. The Morgan fingerprint density at radius 1 is 0.946 bits per heavy atom. The molecule has 1 N–H and O–H groups in total. The van der Waals surface area contributed by atoms with Crippen LogP contribution in [0.2, 0.25) is 0 Å². The van der Waals surface area contributed by atoms with Crippen molar-refractivity contribution in [2.45, 2.75) is 6.92 Å². The van der Waals surface area contributed by atoms with Crippen LogP contribution in [0.4, 0.5) is 17.1 Å². The van der Waals surface area contributed by atoms with Crippen LogP contribution in [-0.4, -0.2) is 26.8 Å². The number of benzene rings is 4. The normalized spacial score (nSPS) is 11.4. The van der Waals surface area contributed by atoms with E-state index in [-0.39, 0.29) is 22.7 Å². The zero-order valence-corrected chi connectivity index (χ0v) is 20.7. The Kier molecular flexibility index (Phi) is 7.61. The van der Waals surface area contributed by atoms with Gasteiger partial charge in [0.1, 0.15) is 11.5 Å². The van der Waals surface area contributed by atoms with Gasteiger partial charge in [-0.05, 0) is 55.0 Å². The Labute approximate surface area is 215 Å². The summed E-state index contributed by atoms with van der Waals surface area (Å²) in [6.07, 6.45) is 0. The quantitative estimate of drug-likeness (QED) is 0.124. The minimum Gasteiger partial charge on any atom is -0.465 e. The van der Waals surface area contributed by atoms with Crippen molar-refractivity contribution in [2.24, 2.45) is 0 Å². The minimum atomic E-state index is -2.50. The Morgan fingerprint density at radius 2 is 1.59 bits per heavy atom. The van der Waals surface area contributed by atoms with Crippen molar-refractivity contribution in [3.8, 4) is 22.6 Å². The highest BCUT2D eigenvalue weighted by molar-refractivity contribution is 7.81. The van der Waals surface area contributed by atoms with E-state index in [4.69, 9.17) is 9.47 Å². The predicted octanol–water partition coefficient (Wildman–Crippen LogP) is 6.42. The maximum atomic E-state index is 12.7. The summed E-state index contributed by atoms with van der Waals surface area (Å²) in [6.45, 7) is 1.89. The van der Waals surface area contributed by atoms with Crippen LogP contribution in [0.3, 0.4) is 0 Å². The molecule has 0 aliphatic rings. The number of ether oxygens (including phenoxy) is 2. The van der Waals surface area contributed by atoms with Gasteiger partial charge in [-0.1, -0.05) is 48.0 Å². The van der Waals surface area contributed by atoms with Crippen LogP contribution < -0.4 is 9.04 Å². The second-order valence-electron chi connectivity index (χ2n) is 7.94. The van der Waals surface area contributed by atoms with Gasteiger partial charge in [-0.3, -0.25) is 14.7 Å². The molecule has 0 aromatic heterocycles. The summed E-state index contributed by atoms with van der Waals surface area (Å²) in [6, 6.07) is 24.5. The third-order valence-electron chi connectivity index (χ3n) is 5.50. The summed E-state index contributed by atoms with van der Waals surface area (Å²) in [5.41, 5.74) is 2.42. The van der Waals surface area contributed by atoms with Gasteiger partial charge in [-0.2, -0.15) is 0 Å². The first-order valence-electron chi connectivity index (χ1n) is 11.0. The average Bonchev–Trinajstić information content (AvgIpc) is 2.90. The van der Waals surface area contributed by atoms with Crippen LogP contribution >= 0.6 is 0 Å². The third-order valence-corrected chi connectivity index (χ3v) is 6.22. The number of anilines is 2. The molecule has 0 aliphatic heterocycles.